The van der Waals surface area contributed by atoms with Crippen molar-refractivity contribution in [3.8, 4) is 0 Å². The van der Waals surface area contributed by atoms with E-state index in [0.717, 1.165) is 0 Å². The molecule has 3 rings (SSSR count). The van der Waals surface area contributed by atoms with Crippen LogP contribution in [0.5, 0.6) is 0 Å². The standard InChI is InChI=1S/C21H20N2O6S/c1-14-9-10-16(12-18(14)21(25)28-2)30(26,27)23-19-8-4-3-7-17(19)20(24)22-13-15-6-5-11-29-15/h3-12,23H,13H2,1-2H3,(H,22,24). The molecule has 0 atom stereocenters. The van der Waals surface area contributed by atoms with Gasteiger partial charge < -0.3 is 14.5 Å². The number of carbonyl (C=O) groups is 2. The minimum atomic E-state index is -4.06. The number of ether oxygens (including phenoxy) is 1. The summed E-state index contributed by atoms with van der Waals surface area (Å²) in [4.78, 5) is 24.3. The van der Waals surface area contributed by atoms with Crippen LogP contribution in [0.1, 0.15) is 32.0 Å². The van der Waals surface area contributed by atoms with Crippen molar-refractivity contribution in [3.63, 3.8) is 0 Å². The van der Waals surface area contributed by atoms with Crippen molar-refractivity contribution >= 4 is 27.6 Å². The van der Waals surface area contributed by atoms with Gasteiger partial charge in [-0.3, -0.25) is 9.52 Å². The molecule has 2 aromatic carbocycles. The molecule has 0 fully saturated rings. The van der Waals surface area contributed by atoms with E-state index in [2.05, 4.69) is 10.0 Å². The second-order valence-electron chi connectivity index (χ2n) is 6.38. The first-order valence-corrected chi connectivity index (χ1v) is 10.4. The predicted octanol–water partition coefficient (Wildman–Crippen LogP) is 3.11. The van der Waals surface area contributed by atoms with Crippen LogP contribution in [-0.4, -0.2) is 27.4 Å². The van der Waals surface area contributed by atoms with E-state index in [4.69, 9.17) is 9.15 Å². The lowest BCUT2D eigenvalue weighted by Gasteiger charge is -2.13. The van der Waals surface area contributed by atoms with E-state index in [1.165, 1.54) is 43.7 Å². The average Bonchev–Trinajstić information content (AvgIpc) is 3.25. The first-order chi connectivity index (χ1) is 14.3. The Balaban J connectivity index is 1.85. The molecule has 1 aromatic heterocycles. The van der Waals surface area contributed by atoms with Crippen LogP contribution in [0.2, 0.25) is 0 Å². The van der Waals surface area contributed by atoms with Crippen LogP contribution in [0.3, 0.4) is 0 Å². The number of amides is 1. The van der Waals surface area contributed by atoms with Gasteiger partial charge in [-0.15, -0.1) is 0 Å². The van der Waals surface area contributed by atoms with Crippen molar-refractivity contribution in [2.45, 2.75) is 18.4 Å². The van der Waals surface area contributed by atoms with Crippen LogP contribution in [0, 0.1) is 6.92 Å². The normalized spacial score (nSPS) is 11.0. The highest BCUT2D eigenvalue weighted by Gasteiger charge is 2.21. The van der Waals surface area contributed by atoms with E-state index in [0.29, 0.717) is 11.3 Å². The molecule has 3 aromatic rings. The summed E-state index contributed by atoms with van der Waals surface area (Å²) in [5, 5.41) is 2.68. The molecule has 0 bridgehead atoms. The highest BCUT2D eigenvalue weighted by atomic mass is 32.2. The number of furan rings is 1. The topological polar surface area (TPSA) is 115 Å². The van der Waals surface area contributed by atoms with Crippen LogP contribution >= 0.6 is 0 Å². The molecule has 0 saturated carbocycles. The molecule has 156 valence electrons. The molecule has 0 aliphatic heterocycles. The molecule has 0 radical (unpaired) electrons. The van der Waals surface area contributed by atoms with Gasteiger partial charge in [-0.05, 0) is 48.9 Å². The molecule has 0 aliphatic rings. The number of para-hydroxylation sites is 1. The molecular weight excluding hydrogens is 408 g/mol. The number of hydrogen-bond acceptors (Lipinski definition) is 6. The van der Waals surface area contributed by atoms with Crippen molar-refractivity contribution in [3.05, 3.63) is 83.3 Å². The Labute approximate surface area is 173 Å². The van der Waals surface area contributed by atoms with Crippen molar-refractivity contribution in [2.24, 2.45) is 0 Å². The van der Waals surface area contributed by atoms with E-state index in [-0.39, 0.29) is 28.3 Å². The Hall–Kier alpha value is -3.59. The largest absolute Gasteiger partial charge is 0.467 e. The number of benzene rings is 2. The van der Waals surface area contributed by atoms with Gasteiger partial charge in [-0.25, -0.2) is 13.2 Å². The predicted molar refractivity (Wildman–Crippen MR) is 110 cm³/mol. The zero-order chi connectivity index (χ0) is 21.7. The summed E-state index contributed by atoms with van der Waals surface area (Å²) in [5.41, 5.74) is 0.978. The van der Waals surface area contributed by atoms with Crippen LogP contribution in [0.15, 0.2) is 70.2 Å². The summed E-state index contributed by atoms with van der Waals surface area (Å²) >= 11 is 0. The first kappa shape index (κ1) is 21.1. The molecule has 0 saturated heterocycles. The Morgan fingerprint density at radius 1 is 1.03 bits per heavy atom. The highest BCUT2D eigenvalue weighted by Crippen LogP contribution is 2.22. The molecule has 30 heavy (non-hydrogen) atoms. The number of aryl methyl sites for hydroxylation is 1. The van der Waals surface area contributed by atoms with Gasteiger partial charge in [0, 0.05) is 0 Å². The number of anilines is 1. The van der Waals surface area contributed by atoms with Gasteiger partial charge >= 0.3 is 5.97 Å². The fourth-order valence-electron chi connectivity index (χ4n) is 2.75. The lowest BCUT2D eigenvalue weighted by molar-refractivity contribution is 0.0599. The summed E-state index contributed by atoms with van der Waals surface area (Å²) in [7, 11) is -2.84. The SMILES string of the molecule is COC(=O)c1cc(S(=O)(=O)Nc2ccccc2C(=O)NCc2ccco2)ccc1C. The maximum Gasteiger partial charge on any atom is 0.338 e. The zero-order valence-corrected chi connectivity index (χ0v) is 17.2. The van der Waals surface area contributed by atoms with Crippen molar-refractivity contribution in [2.75, 3.05) is 11.8 Å². The van der Waals surface area contributed by atoms with Crippen molar-refractivity contribution in [1.82, 2.24) is 5.32 Å². The number of sulfonamides is 1. The zero-order valence-electron chi connectivity index (χ0n) is 16.3. The highest BCUT2D eigenvalue weighted by molar-refractivity contribution is 7.92. The summed E-state index contributed by atoms with van der Waals surface area (Å²) in [6.07, 6.45) is 1.49. The van der Waals surface area contributed by atoms with E-state index >= 15 is 0 Å². The summed E-state index contributed by atoms with van der Waals surface area (Å²) in [6.45, 7) is 1.84. The van der Waals surface area contributed by atoms with E-state index in [1.807, 2.05) is 0 Å². The molecule has 0 unspecified atom stereocenters. The van der Waals surface area contributed by atoms with Crippen LogP contribution in [0.25, 0.3) is 0 Å². The third-order valence-electron chi connectivity index (χ3n) is 4.34. The molecule has 2 N–H and O–H groups in total. The van der Waals surface area contributed by atoms with Crippen LogP contribution < -0.4 is 10.0 Å². The minimum Gasteiger partial charge on any atom is -0.467 e. The van der Waals surface area contributed by atoms with Crippen LogP contribution in [0.4, 0.5) is 5.69 Å². The Kier molecular flexibility index (Phi) is 6.22. The smallest absolute Gasteiger partial charge is 0.338 e. The van der Waals surface area contributed by atoms with Gasteiger partial charge in [0.15, 0.2) is 0 Å². The van der Waals surface area contributed by atoms with Crippen molar-refractivity contribution < 1.29 is 27.2 Å². The summed E-state index contributed by atoms with van der Waals surface area (Å²) in [5.74, 6) is -0.539. The van der Waals surface area contributed by atoms with Gasteiger partial charge in [0.2, 0.25) is 0 Å². The van der Waals surface area contributed by atoms with Crippen LogP contribution in [-0.2, 0) is 21.3 Å². The molecule has 1 heterocycles. The maximum atomic E-state index is 12.9. The van der Waals surface area contributed by atoms with E-state index < -0.39 is 21.9 Å². The summed E-state index contributed by atoms with van der Waals surface area (Å²) < 4.78 is 38.1. The maximum absolute atomic E-state index is 12.9. The molecule has 9 heteroatoms. The Morgan fingerprint density at radius 3 is 2.50 bits per heavy atom. The Morgan fingerprint density at radius 2 is 1.80 bits per heavy atom. The number of carbonyl (C=O) groups excluding carboxylic acids is 2. The van der Waals surface area contributed by atoms with E-state index in [1.54, 1.807) is 31.2 Å². The lowest BCUT2D eigenvalue weighted by Crippen LogP contribution is -2.24. The van der Waals surface area contributed by atoms with Gasteiger partial charge in [-0.1, -0.05) is 18.2 Å². The molecule has 0 spiro atoms. The molecule has 1 amide bonds. The lowest BCUT2D eigenvalue weighted by atomic mass is 10.1. The van der Waals surface area contributed by atoms with Gasteiger partial charge in [0.05, 0.1) is 41.6 Å². The molecule has 8 nitrogen and oxygen atoms in total. The van der Waals surface area contributed by atoms with Gasteiger partial charge in [0.25, 0.3) is 15.9 Å². The number of methoxy groups -OCH3 is 1. The molecular formula is C21H20N2O6S. The third kappa shape index (κ3) is 4.69. The second-order valence-corrected chi connectivity index (χ2v) is 8.06. The van der Waals surface area contributed by atoms with Gasteiger partial charge in [-0.2, -0.15) is 0 Å². The van der Waals surface area contributed by atoms with Gasteiger partial charge in [0.1, 0.15) is 5.76 Å². The van der Waals surface area contributed by atoms with Crippen molar-refractivity contribution in [1.29, 1.82) is 0 Å². The fraction of sp³-hybridized carbons (Fsp3) is 0.143. The average molecular weight is 428 g/mol. The number of rotatable bonds is 7. The quantitative estimate of drug-likeness (QED) is 0.559. The fourth-order valence-corrected chi connectivity index (χ4v) is 3.85. The second kappa shape index (κ2) is 8.83. The number of hydrogen-bond donors (Lipinski definition) is 2. The third-order valence-corrected chi connectivity index (χ3v) is 5.71. The minimum absolute atomic E-state index is 0.106. The van der Waals surface area contributed by atoms with E-state index in [9.17, 15) is 18.0 Å². The number of esters is 1. The first-order valence-electron chi connectivity index (χ1n) is 8.93. The monoisotopic (exact) mass is 428 g/mol. The molecule has 0 aliphatic carbocycles. The Bertz CT molecular complexity index is 1170. The summed E-state index contributed by atoms with van der Waals surface area (Å²) in [6, 6.07) is 13.8. The number of nitrogens with one attached hydrogen (secondary N) is 2.